The van der Waals surface area contributed by atoms with Gasteiger partial charge < -0.3 is 4.90 Å². The van der Waals surface area contributed by atoms with E-state index < -0.39 is 0 Å². The van der Waals surface area contributed by atoms with Crippen molar-refractivity contribution in [1.82, 2.24) is 14.8 Å². The number of rotatable bonds is 5. The maximum Gasteiger partial charge on any atom is 0.254 e. The minimum atomic E-state index is 0.0821. The molecule has 200 valence electrons. The van der Waals surface area contributed by atoms with Crippen molar-refractivity contribution < 1.29 is 4.79 Å². The van der Waals surface area contributed by atoms with Gasteiger partial charge in [0.25, 0.3) is 5.91 Å². The van der Waals surface area contributed by atoms with Crippen LogP contribution in [0.4, 0.5) is 0 Å². The highest BCUT2D eigenvalue weighted by molar-refractivity contribution is 6.07. The molecule has 0 unspecified atom stereocenters. The fraction of sp³-hybridized carbons (Fsp3) is 0.222. The molecule has 0 radical (unpaired) electrons. The number of carbonyl (C=O) groups is 1. The van der Waals surface area contributed by atoms with Crippen molar-refractivity contribution in [2.24, 2.45) is 0 Å². The molecule has 1 aliphatic rings. The van der Waals surface area contributed by atoms with Gasteiger partial charge in [0.15, 0.2) is 0 Å². The number of hydrogen-bond donors (Lipinski definition) is 0. The molecule has 0 saturated carbocycles. The second kappa shape index (κ2) is 11.1. The molecule has 4 heteroatoms. The lowest BCUT2D eigenvalue weighted by Crippen LogP contribution is -2.49. The number of hydrogen-bond acceptors (Lipinski definition) is 3. The van der Waals surface area contributed by atoms with Crippen molar-refractivity contribution in [2.75, 3.05) is 26.2 Å². The van der Waals surface area contributed by atoms with Crippen LogP contribution in [0.1, 0.15) is 44.2 Å². The maximum absolute atomic E-state index is 14.1. The molecule has 6 rings (SSSR count). The quantitative estimate of drug-likeness (QED) is 0.240. The highest BCUT2D eigenvalue weighted by atomic mass is 16.2. The molecule has 2 heterocycles. The Morgan fingerprint density at radius 3 is 1.95 bits per heavy atom. The number of benzene rings is 4. The van der Waals surface area contributed by atoms with Gasteiger partial charge in [0.2, 0.25) is 0 Å². The topological polar surface area (TPSA) is 36.4 Å². The number of pyridine rings is 1. The molecule has 0 aliphatic carbocycles. The summed E-state index contributed by atoms with van der Waals surface area (Å²) >= 11 is 0. The van der Waals surface area contributed by atoms with Crippen molar-refractivity contribution >= 4 is 16.8 Å². The molecule has 0 spiro atoms. The van der Waals surface area contributed by atoms with Gasteiger partial charge in [-0.1, -0.05) is 91.0 Å². The van der Waals surface area contributed by atoms with Crippen molar-refractivity contribution in [1.29, 1.82) is 0 Å². The second-order valence-corrected chi connectivity index (χ2v) is 10.9. The van der Waals surface area contributed by atoms with Crippen LogP contribution in [0.3, 0.4) is 0 Å². The van der Waals surface area contributed by atoms with E-state index in [9.17, 15) is 4.79 Å². The summed E-state index contributed by atoms with van der Waals surface area (Å²) in [5.74, 6) is 0.0821. The van der Waals surface area contributed by atoms with E-state index in [-0.39, 0.29) is 11.9 Å². The summed E-state index contributed by atoms with van der Waals surface area (Å²) in [6.45, 7) is 9.30. The van der Waals surface area contributed by atoms with Crippen LogP contribution in [0, 0.1) is 20.8 Å². The summed E-state index contributed by atoms with van der Waals surface area (Å²) in [4.78, 5) is 23.7. The molecule has 1 fully saturated rings. The highest BCUT2D eigenvalue weighted by Gasteiger charge is 2.29. The number of aromatic nitrogens is 1. The third-order valence-corrected chi connectivity index (χ3v) is 8.27. The van der Waals surface area contributed by atoms with Gasteiger partial charge in [0.05, 0.1) is 22.8 Å². The first-order valence-corrected chi connectivity index (χ1v) is 14.1. The van der Waals surface area contributed by atoms with Crippen LogP contribution in [0.2, 0.25) is 0 Å². The average molecular weight is 526 g/mol. The minimum Gasteiger partial charge on any atom is -0.336 e. The summed E-state index contributed by atoms with van der Waals surface area (Å²) in [6, 6.07) is 36.1. The van der Waals surface area contributed by atoms with E-state index in [1.54, 1.807) is 0 Å². The molecule has 0 atom stereocenters. The molecule has 1 aromatic heterocycles. The Labute approximate surface area is 236 Å². The lowest BCUT2D eigenvalue weighted by Gasteiger charge is -2.40. The van der Waals surface area contributed by atoms with Gasteiger partial charge in [-0.2, -0.15) is 0 Å². The Morgan fingerprint density at radius 2 is 1.32 bits per heavy atom. The SMILES string of the molecule is Cc1ccc(-c2cc(C(=O)N3CCN(C(c4ccccc4)c4ccccc4)CC3)c3cccc(C)c3n2)cc1C. The predicted octanol–water partition coefficient (Wildman–Crippen LogP) is 7.37. The van der Waals surface area contributed by atoms with Crippen LogP contribution in [-0.2, 0) is 0 Å². The van der Waals surface area contributed by atoms with Crippen LogP contribution in [-0.4, -0.2) is 46.9 Å². The van der Waals surface area contributed by atoms with Crippen LogP contribution in [0.15, 0.2) is 103 Å². The van der Waals surface area contributed by atoms with Gasteiger partial charge in [-0.05, 0) is 60.7 Å². The first-order valence-electron chi connectivity index (χ1n) is 14.1. The molecule has 0 N–H and O–H groups in total. The Bertz CT molecular complexity index is 1620. The lowest BCUT2D eigenvalue weighted by atomic mass is 9.96. The van der Waals surface area contributed by atoms with Crippen LogP contribution in [0.5, 0.6) is 0 Å². The number of para-hydroxylation sites is 1. The monoisotopic (exact) mass is 525 g/mol. The normalized spacial score (nSPS) is 14.2. The Balaban J connectivity index is 1.31. The minimum absolute atomic E-state index is 0.0821. The van der Waals surface area contributed by atoms with Gasteiger partial charge in [-0.3, -0.25) is 9.69 Å². The zero-order valence-electron chi connectivity index (χ0n) is 23.5. The van der Waals surface area contributed by atoms with Gasteiger partial charge >= 0.3 is 0 Å². The molecule has 5 aromatic rings. The van der Waals surface area contributed by atoms with Gasteiger partial charge in [0, 0.05) is 37.1 Å². The van der Waals surface area contributed by atoms with Gasteiger partial charge in [-0.15, -0.1) is 0 Å². The number of carbonyl (C=O) groups excluding carboxylic acids is 1. The first-order chi connectivity index (χ1) is 19.5. The van der Waals surface area contributed by atoms with E-state index in [1.807, 2.05) is 23.1 Å². The molecular weight excluding hydrogens is 490 g/mol. The number of aryl methyl sites for hydroxylation is 3. The molecule has 0 bridgehead atoms. The standard InChI is InChI=1S/C36H35N3O/c1-25-17-18-30(23-27(25)3)33-24-32(31-16-10-11-26(2)34(31)37-33)36(40)39-21-19-38(20-22-39)35(28-12-6-4-7-13-28)29-14-8-5-9-15-29/h4-18,23-24,35H,19-22H2,1-3H3. The Morgan fingerprint density at radius 1 is 0.675 bits per heavy atom. The van der Waals surface area contributed by atoms with E-state index in [0.717, 1.165) is 46.4 Å². The molecule has 1 amide bonds. The van der Waals surface area contributed by atoms with E-state index in [0.29, 0.717) is 13.1 Å². The highest BCUT2D eigenvalue weighted by Crippen LogP contribution is 2.32. The molecule has 1 saturated heterocycles. The molecule has 4 nitrogen and oxygen atoms in total. The fourth-order valence-electron chi connectivity index (χ4n) is 5.86. The summed E-state index contributed by atoms with van der Waals surface area (Å²) in [5, 5.41) is 0.923. The number of amides is 1. The van der Waals surface area contributed by atoms with Gasteiger partial charge in [-0.25, -0.2) is 4.98 Å². The average Bonchev–Trinajstić information content (AvgIpc) is 3.00. The van der Waals surface area contributed by atoms with Crippen molar-refractivity contribution in [3.63, 3.8) is 0 Å². The molecular formula is C36H35N3O. The Hall–Kier alpha value is -4.28. The van der Waals surface area contributed by atoms with E-state index in [4.69, 9.17) is 4.98 Å². The number of nitrogens with zero attached hydrogens (tertiary/aromatic N) is 3. The second-order valence-electron chi connectivity index (χ2n) is 10.9. The largest absolute Gasteiger partial charge is 0.336 e. The molecule has 40 heavy (non-hydrogen) atoms. The van der Waals surface area contributed by atoms with Crippen molar-refractivity contribution in [2.45, 2.75) is 26.8 Å². The van der Waals surface area contributed by atoms with Crippen molar-refractivity contribution in [3.8, 4) is 11.3 Å². The van der Waals surface area contributed by atoms with E-state index in [1.165, 1.54) is 22.3 Å². The van der Waals surface area contributed by atoms with E-state index in [2.05, 4.69) is 111 Å². The third-order valence-electron chi connectivity index (χ3n) is 8.27. The summed E-state index contributed by atoms with van der Waals surface area (Å²) < 4.78 is 0. The zero-order valence-corrected chi connectivity index (χ0v) is 23.5. The van der Waals surface area contributed by atoms with Crippen LogP contribution in [0.25, 0.3) is 22.2 Å². The summed E-state index contributed by atoms with van der Waals surface area (Å²) in [7, 11) is 0. The summed E-state index contributed by atoms with van der Waals surface area (Å²) in [5.41, 5.74) is 9.63. The number of piperazine rings is 1. The molecule has 4 aromatic carbocycles. The van der Waals surface area contributed by atoms with Gasteiger partial charge in [0.1, 0.15) is 0 Å². The van der Waals surface area contributed by atoms with E-state index >= 15 is 0 Å². The number of fused-ring (bicyclic) bond motifs is 1. The smallest absolute Gasteiger partial charge is 0.254 e. The van der Waals surface area contributed by atoms with Crippen LogP contribution < -0.4 is 0 Å². The third kappa shape index (κ3) is 5.03. The summed E-state index contributed by atoms with van der Waals surface area (Å²) in [6.07, 6.45) is 0. The zero-order chi connectivity index (χ0) is 27.6. The van der Waals surface area contributed by atoms with Crippen LogP contribution >= 0.6 is 0 Å². The molecule has 1 aliphatic heterocycles. The maximum atomic E-state index is 14.1. The fourth-order valence-corrected chi connectivity index (χ4v) is 5.86. The van der Waals surface area contributed by atoms with Crippen molar-refractivity contribution in [3.05, 3.63) is 137 Å². The Kier molecular flexibility index (Phi) is 7.19. The first kappa shape index (κ1) is 26.0. The lowest BCUT2D eigenvalue weighted by molar-refractivity contribution is 0.0599. The predicted molar refractivity (Wildman–Crippen MR) is 164 cm³/mol.